The van der Waals surface area contributed by atoms with Crippen molar-refractivity contribution in [2.45, 2.75) is 25.7 Å². The van der Waals surface area contributed by atoms with Gasteiger partial charge in [-0.25, -0.2) is 0 Å². The van der Waals surface area contributed by atoms with E-state index in [-0.39, 0.29) is 5.91 Å². The number of nitrogens with two attached hydrogens (primary N) is 1. The molecule has 1 aromatic rings. The maximum Gasteiger partial charge on any atom is 0.252 e. The second-order valence-corrected chi connectivity index (χ2v) is 6.01. The van der Waals surface area contributed by atoms with Crippen LogP contribution >= 0.6 is 15.9 Å². The van der Waals surface area contributed by atoms with Gasteiger partial charge in [0.05, 0.1) is 10.0 Å². The third-order valence-corrected chi connectivity index (χ3v) is 4.54. The van der Waals surface area contributed by atoms with Crippen molar-refractivity contribution in [2.75, 3.05) is 31.9 Å². The molecule has 0 saturated carbocycles. The molecule has 110 valence electrons. The van der Waals surface area contributed by atoms with Gasteiger partial charge in [-0.05, 0) is 67.0 Å². The molecule has 0 spiro atoms. The zero-order valence-corrected chi connectivity index (χ0v) is 13.3. The largest absolute Gasteiger partial charge is 0.398 e. The molecule has 1 heterocycles. The van der Waals surface area contributed by atoms with Gasteiger partial charge in [0, 0.05) is 12.2 Å². The zero-order valence-electron chi connectivity index (χ0n) is 11.7. The van der Waals surface area contributed by atoms with Crippen LogP contribution < -0.4 is 11.1 Å². The van der Waals surface area contributed by atoms with Gasteiger partial charge in [0.1, 0.15) is 0 Å². The Morgan fingerprint density at radius 3 is 2.80 bits per heavy atom. The molecule has 0 radical (unpaired) electrons. The van der Waals surface area contributed by atoms with Crippen molar-refractivity contribution in [3.8, 4) is 0 Å². The number of likely N-dealkylation sites (tertiary alicyclic amines) is 1. The van der Waals surface area contributed by atoms with Crippen LogP contribution in [0.5, 0.6) is 0 Å². The van der Waals surface area contributed by atoms with Crippen LogP contribution in [0.3, 0.4) is 0 Å². The number of hydrogen-bond acceptors (Lipinski definition) is 3. The van der Waals surface area contributed by atoms with Gasteiger partial charge in [-0.3, -0.25) is 4.79 Å². The second-order valence-electron chi connectivity index (χ2n) is 5.22. The van der Waals surface area contributed by atoms with Gasteiger partial charge in [0.25, 0.3) is 5.91 Å². The summed E-state index contributed by atoms with van der Waals surface area (Å²) in [6, 6.07) is 5.35. The SMILES string of the molecule is Nc1cccc(C(=O)NCCCN2CCCCC2)c1Br. The summed E-state index contributed by atoms with van der Waals surface area (Å²) in [5.74, 6) is -0.0668. The molecular formula is C15H22BrN3O. The Kier molecular flexibility index (Phi) is 5.86. The lowest BCUT2D eigenvalue weighted by Crippen LogP contribution is -2.33. The minimum absolute atomic E-state index is 0.0668. The Balaban J connectivity index is 1.73. The Labute approximate surface area is 128 Å². The third-order valence-electron chi connectivity index (χ3n) is 3.66. The van der Waals surface area contributed by atoms with E-state index in [1.165, 1.54) is 32.4 Å². The monoisotopic (exact) mass is 339 g/mol. The first kappa shape index (κ1) is 15.3. The first-order valence-electron chi connectivity index (χ1n) is 7.23. The number of nitrogens with zero attached hydrogens (tertiary/aromatic N) is 1. The van der Waals surface area contributed by atoms with Crippen LogP contribution in [0, 0.1) is 0 Å². The molecule has 0 aliphatic carbocycles. The van der Waals surface area contributed by atoms with E-state index in [1.807, 2.05) is 0 Å². The van der Waals surface area contributed by atoms with Gasteiger partial charge >= 0.3 is 0 Å². The predicted molar refractivity (Wildman–Crippen MR) is 85.8 cm³/mol. The van der Waals surface area contributed by atoms with E-state index >= 15 is 0 Å². The minimum Gasteiger partial charge on any atom is -0.398 e. The van der Waals surface area contributed by atoms with Crippen LogP contribution in [-0.4, -0.2) is 37.0 Å². The van der Waals surface area contributed by atoms with Gasteiger partial charge in [-0.1, -0.05) is 12.5 Å². The smallest absolute Gasteiger partial charge is 0.252 e. The lowest BCUT2D eigenvalue weighted by molar-refractivity contribution is 0.0950. The maximum atomic E-state index is 12.1. The Hall–Kier alpha value is -1.07. The standard InChI is InChI=1S/C15H22BrN3O/c16-14-12(6-4-7-13(14)17)15(20)18-8-5-11-19-9-2-1-3-10-19/h4,6-7H,1-3,5,8-11,17H2,(H,18,20). The average Bonchev–Trinajstić information content (AvgIpc) is 2.47. The minimum atomic E-state index is -0.0668. The molecule has 2 rings (SSSR count). The topological polar surface area (TPSA) is 58.4 Å². The molecule has 0 unspecified atom stereocenters. The van der Waals surface area contributed by atoms with Crippen LogP contribution in [-0.2, 0) is 0 Å². The fraction of sp³-hybridized carbons (Fsp3) is 0.533. The van der Waals surface area contributed by atoms with E-state index in [1.54, 1.807) is 18.2 Å². The maximum absolute atomic E-state index is 12.1. The molecule has 1 aliphatic heterocycles. The Morgan fingerprint density at radius 2 is 2.05 bits per heavy atom. The van der Waals surface area contributed by atoms with Crippen molar-refractivity contribution < 1.29 is 4.79 Å². The molecule has 0 aromatic heterocycles. The number of rotatable bonds is 5. The molecule has 0 atom stereocenters. The molecule has 4 nitrogen and oxygen atoms in total. The number of piperidine rings is 1. The Bertz CT molecular complexity index is 458. The highest BCUT2D eigenvalue weighted by molar-refractivity contribution is 9.10. The molecule has 3 N–H and O–H groups in total. The Morgan fingerprint density at radius 1 is 1.30 bits per heavy atom. The highest BCUT2D eigenvalue weighted by atomic mass is 79.9. The average molecular weight is 340 g/mol. The summed E-state index contributed by atoms with van der Waals surface area (Å²) < 4.78 is 0.675. The van der Waals surface area contributed by atoms with Crippen LogP contribution in [0.25, 0.3) is 0 Å². The highest BCUT2D eigenvalue weighted by Gasteiger charge is 2.12. The van der Waals surface area contributed by atoms with E-state index in [0.29, 0.717) is 22.3 Å². The molecule has 1 fully saturated rings. The number of carbonyl (C=O) groups excluding carboxylic acids is 1. The van der Waals surface area contributed by atoms with Crippen LogP contribution in [0.1, 0.15) is 36.0 Å². The number of nitrogens with one attached hydrogen (secondary N) is 1. The van der Waals surface area contributed by atoms with Gasteiger partial charge < -0.3 is 16.0 Å². The fourth-order valence-electron chi connectivity index (χ4n) is 2.51. The van der Waals surface area contributed by atoms with Gasteiger partial charge in [0.15, 0.2) is 0 Å². The summed E-state index contributed by atoms with van der Waals surface area (Å²) in [4.78, 5) is 14.5. The van der Waals surface area contributed by atoms with Crippen LogP contribution in [0.15, 0.2) is 22.7 Å². The van der Waals surface area contributed by atoms with Crippen molar-refractivity contribution in [3.05, 3.63) is 28.2 Å². The number of halogens is 1. The van der Waals surface area contributed by atoms with E-state index in [4.69, 9.17) is 5.73 Å². The summed E-state index contributed by atoms with van der Waals surface area (Å²) in [5, 5.41) is 2.96. The molecule has 5 heteroatoms. The van der Waals surface area contributed by atoms with E-state index in [9.17, 15) is 4.79 Å². The number of anilines is 1. The number of nitrogen functional groups attached to an aromatic ring is 1. The van der Waals surface area contributed by atoms with Gasteiger partial charge in [0.2, 0.25) is 0 Å². The van der Waals surface area contributed by atoms with Crippen molar-refractivity contribution in [1.82, 2.24) is 10.2 Å². The number of hydrogen-bond donors (Lipinski definition) is 2. The predicted octanol–water partition coefficient (Wildman–Crippen LogP) is 2.64. The molecule has 1 saturated heterocycles. The second kappa shape index (κ2) is 7.64. The first-order valence-corrected chi connectivity index (χ1v) is 8.02. The number of carbonyl (C=O) groups is 1. The molecule has 1 aromatic carbocycles. The van der Waals surface area contributed by atoms with Crippen LogP contribution in [0.4, 0.5) is 5.69 Å². The third kappa shape index (κ3) is 4.21. The van der Waals surface area contributed by atoms with E-state index in [0.717, 1.165) is 13.0 Å². The van der Waals surface area contributed by atoms with Gasteiger partial charge in [-0.2, -0.15) is 0 Å². The van der Waals surface area contributed by atoms with E-state index < -0.39 is 0 Å². The molecule has 0 bridgehead atoms. The summed E-state index contributed by atoms with van der Waals surface area (Å²) in [6.45, 7) is 4.18. The normalized spacial score (nSPS) is 16.1. The molecule has 1 aliphatic rings. The summed E-state index contributed by atoms with van der Waals surface area (Å²) in [5.41, 5.74) is 6.97. The summed E-state index contributed by atoms with van der Waals surface area (Å²) in [6.07, 6.45) is 4.97. The van der Waals surface area contributed by atoms with E-state index in [2.05, 4.69) is 26.1 Å². The van der Waals surface area contributed by atoms with Crippen molar-refractivity contribution >= 4 is 27.5 Å². The zero-order chi connectivity index (χ0) is 14.4. The molecular weight excluding hydrogens is 318 g/mol. The highest BCUT2D eigenvalue weighted by Crippen LogP contribution is 2.23. The fourth-order valence-corrected chi connectivity index (χ4v) is 2.95. The molecule has 20 heavy (non-hydrogen) atoms. The van der Waals surface area contributed by atoms with Gasteiger partial charge in [-0.15, -0.1) is 0 Å². The van der Waals surface area contributed by atoms with Crippen LogP contribution in [0.2, 0.25) is 0 Å². The number of benzene rings is 1. The lowest BCUT2D eigenvalue weighted by Gasteiger charge is -2.26. The van der Waals surface area contributed by atoms with Crippen molar-refractivity contribution in [1.29, 1.82) is 0 Å². The van der Waals surface area contributed by atoms with Crippen molar-refractivity contribution in [3.63, 3.8) is 0 Å². The first-order chi connectivity index (χ1) is 9.68. The summed E-state index contributed by atoms with van der Waals surface area (Å²) >= 11 is 3.36. The quantitative estimate of drug-likeness (QED) is 0.640. The summed E-state index contributed by atoms with van der Waals surface area (Å²) in [7, 11) is 0. The number of amides is 1. The lowest BCUT2D eigenvalue weighted by atomic mass is 10.1. The van der Waals surface area contributed by atoms with Crippen molar-refractivity contribution in [2.24, 2.45) is 0 Å². The molecule has 1 amide bonds.